The van der Waals surface area contributed by atoms with Gasteiger partial charge in [-0.3, -0.25) is 4.98 Å². The molecule has 3 nitrogen and oxygen atoms in total. The molecule has 2 heterocycles. The number of pyridine rings is 1. The molecule has 1 fully saturated rings. The molecule has 0 radical (unpaired) electrons. The maximum absolute atomic E-state index is 4.09. The van der Waals surface area contributed by atoms with Crippen LogP contribution in [0.15, 0.2) is 42.7 Å². The van der Waals surface area contributed by atoms with Gasteiger partial charge in [-0.1, -0.05) is 18.2 Å². The Kier molecular flexibility index (Phi) is 6.00. The quantitative estimate of drug-likeness (QED) is 0.882. The van der Waals surface area contributed by atoms with E-state index < -0.39 is 0 Å². The summed E-state index contributed by atoms with van der Waals surface area (Å²) in [6, 6.07) is 11.5. The van der Waals surface area contributed by atoms with Crippen molar-refractivity contribution >= 4 is 0 Å². The Balaban J connectivity index is 1.40. The number of likely N-dealkylation sites (tertiary alicyclic amines) is 1. The minimum absolute atomic E-state index is 0.655. The molecule has 2 aromatic rings. The van der Waals surface area contributed by atoms with Gasteiger partial charge in [-0.05, 0) is 80.6 Å². The second-order valence-electron chi connectivity index (χ2n) is 6.96. The van der Waals surface area contributed by atoms with E-state index in [0.717, 1.165) is 19.5 Å². The Bertz CT molecular complexity index is 631. The predicted octanol–water partition coefficient (Wildman–Crippen LogP) is 3.50. The van der Waals surface area contributed by atoms with Crippen molar-refractivity contribution in [2.45, 2.75) is 45.7 Å². The van der Waals surface area contributed by atoms with Gasteiger partial charge >= 0.3 is 0 Å². The lowest BCUT2D eigenvalue weighted by Gasteiger charge is -2.32. The normalized spacial score (nSPS) is 16.4. The topological polar surface area (TPSA) is 28.2 Å². The Morgan fingerprint density at radius 3 is 2.58 bits per heavy atom. The second kappa shape index (κ2) is 8.41. The van der Waals surface area contributed by atoms with Gasteiger partial charge in [0.15, 0.2) is 0 Å². The van der Waals surface area contributed by atoms with E-state index in [1.54, 1.807) is 0 Å². The van der Waals surface area contributed by atoms with Gasteiger partial charge in [0.1, 0.15) is 0 Å². The molecule has 0 amide bonds. The van der Waals surface area contributed by atoms with E-state index in [1.807, 2.05) is 12.4 Å². The lowest BCUT2D eigenvalue weighted by atomic mass is 10.0. The Hall–Kier alpha value is -1.71. The summed E-state index contributed by atoms with van der Waals surface area (Å²) in [4.78, 5) is 6.68. The number of aryl methyl sites for hydroxylation is 1. The fraction of sp³-hybridized carbons (Fsp3) is 0.476. The van der Waals surface area contributed by atoms with Crippen LogP contribution in [-0.4, -0.2) is 35.6 Å². The number of hydrogen-bond acceptors (Lipinski definition) is 3. The van der Waals surface area contributed by atoms with Gasteiger partial charge in [-0.2, -0.15) is 0 Å². The van der Waals surface area contributed by atoms with Crippen molar-refractivity contribution in [3.05, 3.63) is 65.0 Å². The molecule has 1 aromatic heterocycles. The highest BCUT2D eigenvalue weighted by Gasteiger charge is 2.18. The molecule has 0 spiro atoms. The molecule has 0 unspecified atom stereocenters. The number of hydrogen-bond donors (Lipinski definition) is 1. The standard InChI is InChI=1S/C21H29N3/c1-17-4-3-5-20(18(17)2)16-23-21-9-14-24(15-10-21)13-8-19-6-11-22-12-7-19/h3-7,11-12,21,23H,8-10,13-16H2,1-2H3. The van der Waals surface area contributed by atoms with Gasteiger partial charge in [-0.15, -0.1) is 0 Å². The molecule has 1 aliphatic heterocycles. The Morgan fingerprint density at radius 1 is 1.08 bits per heavy atom. The molecule has 0 saturated carbocycles. The number of nitrogens with zero attached hydrogens (tertiary/aromatic N) is 2. The van der Waals surface area contributed by atoms with E-state index in [1.165, 1.54) is 48.2 Å². The van der Waals surface area contributed by atoms with Gasteiger partial charge < -0.3 is 10.2 Å². The fourth-order valence-corrected chi connectivity index (χ4v) is 3.46. The van der Waals surface area contributed by atoms with Gasteiger partial charge in [-0.25, -0.2) is 0 Å². The second-order valence-corrected chi connectivity index (χ2v) is 6.96. The van der Waals surface area contributed by atoms with Crippen molar-refractivity contribution in [1.82, 2.24) is 15.2 Å². The Morgan fingerprint density at radius 2 is 1.83 bits per heavy atom. The maximum Gasteiger partial charge on any atom is 0.0270 e. The number of aromatic nitrogens is 1. The molecule has 128 valence electrons. The van der Waals surface area contributed by atoms with Crippen molar-refractivity contribution < 1.29 is 0 Å². The first kappa shape index (κ1) is 17.1. The van der Waals surface area contributed by atoms with Crippen molar-refractivity contribution in [2.75, 3.05) is 19.6 Å². The number of nitrogens with one attached hydrogen (secondary N) is 1. The zero-order valence-electron chi connectivity index (χ0n) is 15.0. The largest absolute Gasteiger partial charge is 0.310 e. The third kappa shape index (κ3) is 4.65. The van der Waals surface area contributed by atoms with Gasteiger partial charge in [0.2, 0.25) is 0 Å². The van der Waals surface area contributed by atoms with Crippen LogP contribution >= 0.6 is 0 Å². The van der Waals surface area contributed by atoms with Crippen LogP contribution in [0, 0.1) is 13.8 Å². The summed E-state index contributed by atoms with van der Waals surface area (Å²) in [5.74, 6) is 0. The first-order valence-electron chi connectivity index (χ1n) is 9.12. The van der Waals surface area contributed by atoms with Crippen LogP contribution in [-0.2, 0) is 13.0 Å². The smallest absolute Gasteiger partial charge is 0.0270 e. The fourth-order valence-electron chi connectivity index (χ4n) is 3.46. The van der Waals surface area contributed by atoms with Crippen LogP contribution in [0.1, 0.15) is 35.1 Å². The van der Waals surface area contributed by atoms with Gasteiger partial charge in [0.25, 0.3) is 0 Å². The van der Waals surface area contributed by atoms with Crippen LogP contribution < -0.4 is 5.32 Å². The first-order chi connectivity index (χ1) is 11.7. The van der Waals surface area contributed by atoms with E-state index in [-0.39, 0.29) is 0 Å². The summed E-state index contributed by atoms with van der Waals surface area (Å²) in [6.07, 6.45) is 7.41. The number of piperidine rings is 1. The number of benzene rings is 1. The van der Waals surface area contributed by atoms with E-state index in [2.05, 4.69) is 59.4 Å². The molecule has 24 heavy (non-hydrogen) atoms. The summed E-state index contributed by atoms with van der Waals surface area (Å²) in [7, 11) is 0. The van der Waals surface area contributed by atoms with E-state index in [9.17, 15) is 0 Å². The molecular weight excluding hydrogens is 294 g/mol. The molecule has 3 heteroatoms. The SMILES string of the molecule is Cc1cccc(CNC2CCN(CCc3ccncc3)CC2)c1C. The summed E-state index contributed by atoms with van der Waals surface area (Å²) < 4.78 is 0. The van der Waals surface area contributed by atoms with E-state index in [0.29, 0.717) is 6.04 Å². The summed E-state index contributed by atoms with van der Waals surface area (Å²) in [6.45, 7) is 8.99. The average Bonchev–Trinajstić information content (AvgIpc) is 2.63. The molecule has 0 aliphatic carbocycles. The van der Waals surface area contributed by atoms with Gasteiger partial charge in [0.05, 0.1) is 0 Å². The lowest BCUT2D eigenvalue weighted by molar-refractivity contribution is 0.199. The predicted molar refractivity (Wildman–Crippen MR) is 100 cm³/mol. The maximum atomic E-state index is 4.09. The minimum atomic E-state index is 0.655. The van der Waals surface area contributed by atoms with E-state index >= 15 is 0 Å². The number of rotatable bonds is 6. The minimum Gasteiger partial charge on any atom is -0.310 e. The highest BCUT2D eigenvalue weighted by molar-refractivity contribution is 5.32. The molecule has 1 aliphatic rings. The van der Waals surface area contributed by atoms with Crippen LogP contribution in [0.4, 0.5) is 0 Å². The zero-order valence-corrected chi connectivity index (χ0v) is 15.0. The molecular formula is C21H29N3. The molecule has 0 bridgehead atoms. The van der Waals surface area contributed by atoms with Crippen LogP contribution in [0.5, 0.6) is 0 Å². The molecule has 1 N–H and O–H groups in total. The zero-order chi connectivity index (χ0) is 16.8. The van der Waals surface area contributed by atoms with Gasteiger partial charge in [0, 0.05) is 31.5 Å². The first-order valence-corrected chi connectivity index (χ1v) is 9.12. The van der Waals surface area contributed by atoms with E-state index in [4.69, 9.17) is 0 Å². The summed E-state index contributed by atoms with van der Waals surface area (Å²) in [5.41, 5.74) is 5.65. The van der Waals surface area contributed by atoms with Crippen molar-refractivity contribution in [1.29, 1.82) is 0 Å². The molecule has 0 atom stereocenters. The highest BCUT2D eigenvalue weighted by Crippen LogP contribution is 2.15. The monoisotopic (exact) mass is 323 g/mol. The molecule has 1 aromatic carbocycles. The van der Waals surface area contributed by atoms with Crippen molar-refractivity contribution in [3.8, 4) is 0 Å². The average molecular weight is 323 g/mol. The third-order valence-corrected chi connectivity index (χ3v) is 5.35. The summed E-state index contributed by atoms with van der Waals surface area (Å²) in [5, 5.41) is 3.77. The van der Waals surface area contributed by atoms with Crippen LogP contribution in [0.25, 0.3) is 0 Å². The van der Waals surface area contributed by atoms with Crippen molar-refractivity contribution in [2.24, 2.45) is 0 Å². The third-order valence-electron chi connectivity index (χ3n) is 5.35. The van der Waals surface area contributed by atoms with Crippen molar-refractivity contribution in [3.63, 3.8) is 0 Å². The molecule has 3 rings (SSSR count). The highest BCUT2D eigenvalue weighted by atomic mass is 15.1. The van der Waals surface area contributed by atoms with Crippen LogP contribution in [0.2, 0.25) is 0 Å². The Labute approximate surface area is 146 Å². The molecule has 1 saturated heterocycles. The van der Waals surface area contributed by atoms with Crippen LogP contribution in [0.3, 0.4) is 0 Å². The summed E-state index contributed by atoms with van der Waals surface area (Å²) >= 11 is 0. The lowest BCUT2D eigenvalue weighted by Crippen LogP contribution is -2.42.